The van der Waals surface area contributed by atoms with Crippen molar-refractivity contribution in [3.05, 3.63) is 77.3 Å². The molecule has 3 aromatic rings. The van der Waals surface area contributed by atoms with E-state index in [1.165, 1.54) is 6.42 Å². The minimum absolute atomic E-state index is 0.317. The summed E-state index contributed by atoms with van der Waals surface area (Å²) in [5.74, 6) is 0.282. The number of nitrogens with zero attached hydrogens (tertiary/aromatic N) is 1. The molecule has 8 heteroatoms. The van der Waals surface area contributed by atoms with Crippen molar-refractivity contribution in [2.45, 2.75) is 26.2 Å². The van der Waals surface area contributed by atoms with Gasteiger partial charge in [0.1, 0.15) is 5.75 Å². The molecule has 182 valence electrons. The highest BCUT2D eigenvalue weighted by Gasteiger charge is 2.18. The number of amides is 3. The number of hydrogen-bond acceptors (Lipinski definition) is 4. The van der Waals surface area contributed by atoms with Gasteiger partial charge in [-0.1, -0.05) is 35.9 Å². The average molecular weight is 493 g/mol. The number of halogens is 1. The summed E-state index contributed by atoms with van der Waals surface area (Å²) in [7, 11) is 0. The Morgan fingerprint density at radius 2 is 1.60 bits per heavy atom. The zero-order chi connectivity index (χ0) is 24.6. The highest BCUT2D eigenvalue weighted by atomic mass is 35.5. The van der Waals surface area contributed by atoms with Gasteiger partial charge < -0.3 is 25.6 Å². The molecule has 1 saturated heterocycles. The van der Waals surface area contributed by atoms with Crippen molar-refractivity contribution in [2.24, 2.45) is 0 Å². The van der Waals surface area contributed by atoms with Gasteiger partial charge in [-0.2, -0.15) is 0 Å². The second-order valence-corrected chi connectivity index (χ2v) is 8.63. The lowest BCUT2D eigenvalue weighted by atomic mass is 10.1. The summed E-state index contributed by atoms with van der Waals surface area (Å²) in [4.78, 5) is 28.0. The van der Waals surface area contributed by atoms with E-state index in [1.54, 1.807) is 36.4 Å². The molecule has 1 heterocycles. The first-order valence-corrected chi connectivity index (χ1v) is 12.2. The zero-order valence-electron chi connectivity index (χ0n) is 19.6. The molecule has 1 aliphatic heterocycles. The smallest absolute Gasteiger partial charge is 0.323 e. The van der Waals surface area contributed by atoms with Crippen molar-refractivity contribution in [1.29, 1.82) is 0 Å². The van der Waals surface area contributed by atoms with Crippen LogP contribution in [0, 0.1) is 0 Å². The van der Waals surface area contributed by atoms with Crippen LogP contribution < -0.4 is 25.6 Å². The molecule has 1 fully saturated rings. The number of urea groups is 1. The van der Waals surface area contributed by atoms with E-state index >= 15 is 0 Å². The molecule has 0 unspecified atom stereocenters. The molecule has 0 spiro atoms. The number of piperidine rings is 1. The van der Waals surface area contributed by atoms with Crippen LogP contribution in [0.25, 0.3) is 0 Å². The molecule has 3 amide bonds. The Morgan fingerprint density at radius 3 is 2.37 bits per heavy atom. The number of anilines is 4. The van der Waals surface area contributed by atoms with Crippen LogP contribution in [0.5, 0.6) is 5.75 Å². The number of carbonyl (C=O) groups excluding carboxylic acids is 2. The maximum absolute atomic E-state index is 13.0. The molecular weight excluding hydrogens is 464 g/mol. The average Bonchev–Trinajstić information content (AvgIpc) is 2.86. The lowest BCUT2D eigenvalue weighted by Gasteiger charge is -2.31. The Morgan fingerprint density at radius 1 is 0.886 bits per heavy atom. The summed E-state index contributed by atoms with van der Waals surface area (Å²) in [5, 5.41) is 9.10. The van der Waals surface area contributed by atoms with Gasteiger partial charge in [-0.05, 0) is 68.7 Å². The van der Waals surface area contributed by atoms with Crippen LogP contribution in [0.2, 0.25) is 5.02 Å². The summed E-state index contributed by atoms with van der Waals surface area (Å²) < 4.78 is 5.61. The van der Waals surface area contributed by atoms with E-state index in [1.807, 2.05) is 37.3 Å². The van der Waals surface area contributed by atoms with Gasteiger partial charge in [0.25, 0.3) is 5.91 Å². The SMILES string of the molecule is CCOc1ccccc1NC(=O)Nc1cc(NC(=O)c2ccccc2Cl)ccc1N1CCCCC1. The van der Waals surface area contributed by atoms with Crippen LogP contribution >= 0.6 is 11.6 Å². The topological polar surface area (TPSA) is 82.7 Å². The van der Waals surface area contributed by atoms with E-state index in [0.717, 1.165) is 31.6 Å². The summed E-state index contributed by atoms with van der Waals surface area (Å²) in [5.41, 5.74) is 3.04. The van der Waals surface area contributed by atoms with Crippen molar-refractivity contribution >= 4 is 46.3 Å². The molecule has 35 heavy (non-hydrogen) atoms. The monoisotopic (exact) mass is 492 g/mol. The van der Waals surface area contributed by atoms with Gasteiger partial charge >= 0.3 is 6.03 Å². The van der Waals surface area contributed by atoms with Crippen LogP contribution in [-0.2, 0) is 0 Å². The third-order valence-corrected chi connectivity index (χ3v) is 6.08. The molecule has 7 nitrogen and oxygen atoms in total. The maximum Gasteiger partial charge on any atom is 0.323 e. The van der Waals surface area contributed by atoms with Crippen LogP contribution in [-0.4, -0.2) is 31.6 Å². The van der Waals surface area contributed by atoms with Gasteiger partial charge in [-0.3, -0.25) is 4.79 Å². The zero-order valence-corrected chi connectivity index (χ0v) is 20.4. The Kier molecular flexibility index (Phi) is 8.11. The molecule has 1 aliphatic rings. The van der Waals surface area contributed by atoms with Gasteiger partial charge in [-0.25, -0.2) is 4.79 Å². The van der Waals surface area contributed by atoms with Crippen molar-refractivity contribution in [1.82, 2.24) is 0 Å². The third kappa shape index (κ3) is 6.25. The lowest BCUT2D eigenvalue weighted by Crippen LogP contribution is -2.31. The summed E-state index contributed by atoms with van der Waals surface area (Å²) in [6.07, 6.45) is 3.39. The van der Waals surface area contributed by atoms with E-state index in [-0.39, 0.29) is 5.91 Å². The Hall–Kier alpha value is -3.71. The highest BCUT2D eigenvalue weighted by Crippen LogP contribution is 2.32. The number of rotatable bonds is 7. The van der Waals surface area contributed by atoms with E-state index < -0.39 is 6.03 Å². The van der Waals surface area contributed by atoms with Crippen LogP contribution in [0.4, 0.5) is 27.5 Å². The Labute approximate surface area is 210 Å². The van der Waals surface area contributed by atoms with Gasteiger partial charge in [0.15, 0.2) is 0 Å². The molecule has 0 bridgehead atoms. The van der Waals surface area contributed by atoms with Crippen LogP contribution in [0.3, 0.4) is 0 Å². The predicted octanol–water partition coefficient (Wildman–Crippen LogP) is 6.63. The number of hydrogen-bond donors (Lipinski definition) is 3. The Balaban J connectivity index is 1.57. The molecule has 0 aliphatic carbocycles. The number of para-hydroxylation sites is 2. The standard InChI is InChI=1S/C27H29ClN4O3/c1-2-35-25-13-7-6-12-22(25)30-27(34)31-23-18-19(14-15-24(23)32-16-8-3-9-17-32)29-26(33)20-10-4-5-11-21(20)28/h4-7,10-15,18H,2-3,8-9,16-17H2,1H3,(H,29,33)(H2,30,31,34). The van der Waals surface area contributed by atoms with Crippen molar-refractivity contribution in [3.8, 4) is 5.75 Å². The summed E-state index contributed by atoms with van der Waals surface area (Å²) >= 11 is 6.18. The van der Waals surface area contributed by atoms with Crippen LogP contribution in [0.15, 0.2) is 66.7 Å². The van der Waals surface area contributed by atoms with Gasteiger partial charge in [-0.15, -0.1) is 0 Å². The van der Waals surface area contributed by atoms with Crippen molar-refractivity contribution in [2.75, 3.05) is 40.5 Å². The molecule has 3 N–H and O–H groups in total. The number of nitrogens with one attached hydrogen (secondary N) is 3. The number of carbonyl (C=O) groups is 2. The second-order valence-electron chi connectivity index (χ2n) is 8.22. The summed E-state index contributed by atoms with van der Waals surface area (Å²) in [6, 6.07) is 19.3. The largest absolute Gasteiger partial charge is 0.492 e. The highest BCUT2D eigenvalue weighted by molar-refractivity contribution is 6.34. The van der Waals surface area contributed by atoms with Crippen molar-refractivity contribution < 1.29 is 14.3 Å². The second kappa shape index (κ2) is 11.6. The molecule has 0 aromatic heterocycles. The quantitative estimate of drug-likeness (QED) is 0.346. The van der Waals surface area contributed by atoms with E-state index in [0.29, 0.717) is 40.0 Å². The molecule has 0 saturated carbocycles. The van der Waals surface area contributed by atoms with Crippen molar-refractivity contribution in [3.63, 3.8) is 0 Å². The maximum atomic E-state index is 13.0. The normalized spacial score (nSPS) is 13.1. The first-order chi connectivity index (χ1) is 17.0. The van der Waals surface area contributed by atoms with E-state index in [2.05, 4.69) is 20.9 Å². The summed E-state index contributed by atoms with van der Waals surface area (Å²) in [6.45, 7) is 4.21. The van der Waals surface area contributed by atoms with Gasteiger partial charge in [0, 0.05) is 18.8 Å². The number of ether oxygens (including phenoxy) is 1. The fourth-order valence-corrected chi connectivity index (χ4v) is 4.32. The minimum Gasteiger partial charge on any atom is -0.492 e. The molecule has 4 rings (SSSR count). The fourth-order valence-electron chi connectivity index (χ4n) is 4.10. The minimum atomic E-state index is -0.398. The molecule has 0 radical (unpaired) electrons. The fraction of sp³-hybridized carbons (Fsp3) is 0.259. The first kappa shape index (κ1) is 24.4. The lowest BCUT2D eigenvalue weighted by molar-refractivity contribution is 0.102. The first-order valence-electron chi connectivity index (χ1n) is 11.8. The third-order valence-electron chi connectivity index (χ3n) is 5.75. The Bertz CT molecular complexity index is 1190. The molecular formula is C27H29ClN4O3. The van der Waals surface area contributed by atoms with Gasteiger partial charge in [0.05, 0.1) is 34.3 Å². The van der Waals surface area contributed by atoms with E-state index in [9.17, 15) is 9.59 Å². The molecule has 0 atom stereocenters. The number of benzene rings is 3. The predicted molar refractivity (Wildman–Crippen MR) is 142 cm³/mol. The van der Waals surface area contributed by atoms with Gasteiger partial charge in [0.2, 0.25) is 0 Å². The van der Waals surface area contributed by atoms with Crippen LogP contribution in [0.1, 0.15) is 36.5 Å². The van der Waals surface area contributed by atoms with E-state index in [4.69, 9.17) is 16.3 Å². The molecule has 3 aromatic carbocycles.